The van der Waals surface area contributed by atoms with Crippen LogP contribution in [0, 0.1) is 22.0 Å². The van der Waals surface area contributed by atoms with Crippen molar-refractivity contribution in [3.8, 4) is 0 Å². The Labute approximate surface area is 151 Å². The van der Waals surface area contributed by atoms with Crippen LogP contribution in [0.5, 0.6) is 0 Å². The van der Waals surface area contributed by atoms with Crippen molar-refractivity contribution in [2.24, 2.45) is 11.8 Å². The molecule has 140 valence electrons. The average Bonchev–Trinajstić information content (AvgIpc) is 2.65. The molecule has 7 nitrogen and oxygen atoms in total. The monoisotopic (exact) mass is 361 g/mol. The molecular weight excluding hydrogens is 338 g/mol. The molecule has 2 unspecified atom stereocenters. The molecule has 0 N–H and O–H groups in total. The zero-order chi connectivity index (χ0) is 19.3. The van der Waals surface area contributed by atoms with Gasteiger partial charge in [0.1, 0.15) is 17.5 Å². The number of Topliss-reactive ketones (excluding diaryl/α,β-unsaturated/α-hetero) is 2. The molecule has 0 aromatic heterocycles. The molecule has 1 aliphatic rings. The van der Waals surface area contributed by atoms with Gasteiger partial charge >= 0.3 is 5.97 Å². The van der Waals surface area contributed by atoms with Crippen LogP contribution in [0.15, 0.2) is 24.3 Å². The molecule has 2 rings (SSSR count). The lowest BCUT2D eigenvalue weighted by Crippen LogP contribution is -2.37. The normalized spacial score (nSPS) is 17.2. The van der Waals surface area contributed by atoms with Crippen LogP contribution in [0.2, 0.25) is 0 Å². The summed E-state index contributed by atoms with van der Waals surface area (Å²) >= 11 is 0. The fourth-order valence-corrected chi connectivity index (χ4v) is 3.72. The van der Waals surface area contributed by atoms with Crippen LogP contribution in [0.4, 0.5) is 5.69 Å². The van der Waals surface area contributed by atoms with Crippen LogP contribution in [0.25, 0.3) is 0 Å². The Kier molecular flexibility index (Phi) is 6.60. The van der Waals surface area contributed by atoms with Gasteiger partial charge in [-0.05, 0) is 19.8 Å². The molecular formula is C19H23NO6. The molecule has 2 atom stereocenters. The van der Waals surface area contributed by atoms with Crippen molar-refractivity contribution in [3.05, 3.63) is 39.9 Å². The molecule has 0 radical (unpaired) electrons. The highest BCUT2D eigenvalue weighted by molar-refractivity contribution is 6.05. The van der Waals surface area contributed by atoms with Gasteiger partial charge in [0.2, 0.25) is 0 Å². The minimum absolute atomic E-state index is 0.0960. The van der Waals surface area contributed by atoms with Crippen LogP contribution in [-0.4, -0.2) is 29.6 Å². The largest absolute Gasteiger partial charge is 0.468 e. The predicted molar refractivity (Wildman–Crippen MR) is 93.6 cm³/mol. The molecule has 0 amide bonds. The van der Waals surface area contributed by atoms with Crippen molar-refractivity contribution in [1.82, 2.24) is 0 Å². The smallest absolute Gasteiger partial charge is 0.317 e. The first-order valence-corrected chi connectivity index (χ1v) is 8.73. The van der Waals surface area contributed by atoms with E-state index in [1.165, 1.54) is 25.1 Å². The summed E-state index contributed by atoms with van der Waals surface area (Å²) in [6.45, 7) is 1.21. The van der Waals surface area contributed by atoms with Gasteiger partial charge in [0.25, 0.3) is 5.69 Å². The molecule has 1 aromatic rings. The number of esters is 1. The number of ketones is 2. The Morgan fingerprint density at radius 1 is 1.15 bits per heavy atom. The Balaban J connectivity index is 2.57. The first-order valence-electron chi connectivity index (χ1n) is 8.73. The van der Waals surface area contributed by atoms with Crippen molar-refractivity contribution in [2.75, 3.05) is 7.11 Å². The maximum atomic E-state index is 13.3. The first-order chi connectivity index (χ1) is 12.4. The third kappa shape index (κ3) is 4.15. The van der Waals surface area contributed by atoms with Gasteiger partial charge in [-0.3, -0.25) is 24.5 Å². The van der Waals surface area contributed by atoms with Gasteiger partial charge in [-0.2, -0.15) is 0 Å². The molecule has 1 aromatic carbocycles. The van der Waals surface area contributed by atoms with Crippen LogP contribution in [0.1, 0.15) is 50.5 Å². The third-order valence-corrected chi connectivity index (χ3v) is 5.01. The number of carbonyl (C=O) groups is 3. The van der Waals surface area contributed by atoms with Crippen LogP contribution in [0.3, 0.4) is 0 Å². The minimum atomic E-state index is -1.38. The summed E-state index contributed by atoms with van der Waals surface area (Å²) in [6.07, 6.45) is 4.16. The number of nitrogens with zero attached hydrogens (tertiary/aromatic N) is 1. The average molecular weight is 361 g/mol. The van der Waals surface area contributed by atoms with Gasteiger partial charge in [-0.15, -0.1) is 0 Å². The zero-order valence-electron chi connectivity index (χ0n) is 15.0. The topological polar surface area (TPSA) is 104 Å². The van der Waals surface area contributed by atoms with E-state index in [2.05, 4.69) is 0 Å². The summed E-state index contributed by atoms with van der Waals surface area (Å²) in [5.41, 5.74) is -0.171. The van der Waals surface area contributed by atoms with E-state index in [0.717, 1.165) is 26.4 Å². The highest BCUT2D eigenvalue weighted by Crippen LogP contribution is 2.38. The number of para-hydroxylation sites is 1. The molecule has 1 saturated carbocycles. The van der Waals surface area contributed by atoms with E-state index in [0.29, 0.717) is 12.8 Å². The second-order valence-electron chi connectivity index (χ2n) is 6.64. The molecule has 0 spiro atoms. The van der Waals surface area contributed by atoms with E-state index < -0.39 is 28.5 Å². The Hall–Kier alpha value is -2.57. The van der Waals surface area contributed by atoms with Gasteiger partial charge in [0, 0.05) is 17.5 Å². The van der Waals surface area contributed by atoms with E-state index in [9.17, 15) is 24.5 Å². The van der Waals surface area contributed by atoms with Gasteiger partial charge in [-0.25, -0.2) is 0 Å². The summed E-state index contributed by atoms with van der Waals surface area (Å²) in [4.78, 5) is 48.6. The molecule has 0 saturated heterocycles. The minimum Gasteiger partial charge on any atom is -0.468 e. The number of ether oxygens (including phenoxy) is 1. The van der Waals surface area contributed by atoms with E-state index in [1.807, 2.05) is 0 Å². The molecule has 0 heterocycles. The number of rotatable bonds is 7. The Morgan fingerprint density at radius 3 is 2.31 bits per heavy atom. The number of nitro groups is 1. The molecule has 1 aliphatic carbocycles. The quantitative estimate of drug-likeness (QED) is 0.320. The van der Waals surface area contributed by atoms with Crippen molar-refractivity contribution in [3.63, 3.8) is 0 Å². The van der Waals surface area contributed by atoms with E-state index in [4.69, 9.17) is 4.74 Å². The molecule has 0 aliphatic heterocycles. The number of carbonyl (C=O) groups excluding carboxylic acids is 3. The first kappa shape index (κ1) is 19.8. The predicted octanol–water partition coefficient (Wildman–Crippen LogP) is 3.21. The third-order valence-electron chi connectivity index (χ3n) is 5.01. The van der Waals surface area contributed by atoms with Gasteiger partial charge in [0.15, 0.2) is 0 Å². The van der Waals surface area contributed by atoms with E-state index in [1.54, 1.807) is 6.07 Å². The highest BCUT2D eigenvalue weighted by Gasteiger charge is 2.44. The zero-order valence-corrected chi connectivity index (χ0v) is 15.0. The van der Waals surface area contributed by atoms with E-state index in [-0.39, 0.29) is 23.0 Å². The van der Waals surface area contributed by atoms with Crippen molar-refractivity contribution >= 4 is 23.2 Å². The maximum Gasteiger partial charge on any atom is 0.317 e. The lowest BCUT2D eigenvalue weighted by atomic mass is 9.73. The van der Waals surface area contributed by atoms with Gasteiger partial charge in [0.05, 0.1) is 18.0 Å². The second kappa shape index (κ2) is 8.69. The fraction of sp³-hybridized carbons (Fsp3) is 0.526. The van der Waals surface area contributed by atoms with Crippen LogP contribution in [-0.2, 0) is 19.1 Å². The van der Waals surface area contributed by atoms with Crippen molar-refractivity contribution < 1.29 is 24.0 Å². The summed E-state index contributed by atoms with van der Waals surface area (Å²) in [6, 6.07) is 5.79. The lowest BCUT2D eigenvalue weighted by molar-refractivity contribution is -0.385. The number of hydrogen-bond donors (Lipinski definition) is 0. The molecule has 26 heavy (non-hydrogen) atoms. The Morgan fingerprint density at radius 2 is 1.77 bits per heavy atom. The molecule has 0 bridgehead atoms. The fourth-order valence-electron chi connectivity index (χ4n) is 3.72. The highest BCUT2D eigenvalue weighted by atomic mass is 16.6. The van der Waals surface area contributed by atoms with Crippen LogP contribution >= 0.6 is 0 Å². The lowest BCUT2D eigenvalue weighted by Gasteiger charge is -2.28. The molecule has 1 fully saturated rings. The standard InChI is InChI=1S/C19H23NO6/c1-12(21)16(19(23)26-2)17(18(22)13-8-4-3-5-9-13)14-10-6-7-11-15(14)20(24)25/h6-7,10-11,13,16-17H,3-5,8-9H2,1-2H3. The maximum absolute atomic E-state index is 13.3. The van der Waals surface area contributed by atoms with Gasteiger partial charge in [-0.1, -0.05) is 37.5 Å². The second-order valence-corrected chi connectivity index (χ2v) is 6.64. The summed E-state index contributed by atoms with van der Waals surface area (Å²) < 4.78 is 4.73. The number of nitro benzene ring substituents is 1. The number of methoxy groups -OCH3 is 1. The number of benzene rings is 1. The summed E-state index contributed by atoms with van der Waals surface area (Å²) in [5.74, 6) is -4.56. The van der Waals surface area contributed by atoms with Crippen LogP contribution < -0.4 is 0 Å². The Bertz CT molecular complexity index is 708. The van der Waals surface area contributed by atoms with Gasteiger partial charge < -0.3 is 4.74 Å². The SMILES string of the molecule is COC(=O)C(C(C)=O)C(C(=O)C1CCCCC1)c1ccccc1[N+](=O)[O-]. The van der Waals surface area contributed by atoms with Crippen molar-refractivity contribution in [2.45, 2.75) is 44.9 Å². The van der Waals surface area contributed by atoms with E-state index >= 15 is 0 Å². The molecule has 7 heteroatoms. The summed E-state index contributed by atoms with van der Waals surface area (Å²) in [5, 5.41) is 11.5. The van der Waals surface area contributed by atoms with Crippen molar-refractivity contribution in [1.29, 1.82) is 0 Å². The summed E-state index contributed by atoms with van der Waals surface area (Å²) in [7, 11) is 1.14. The number of hydrogen-bond acceptors (Lipinski definition) is 6.